The maximum atomic E-state index is 13.2. The summed E-state index contributed by atoms with van der Waals surface area (Å²) in [5.41, 5.74) is 1.34. The molecule has 0 aliphatic rings. The van der Waals surface area contributed by atoms with Crippen molar-refractivity contribution >= 4 is 29.3 Å². The molecule has 0 atom stereocenters. The molecule has 32 heavy (non-hydrogen) atoms. The van der Waals surface area contributed by atoms with Crippen molar-refractivity contribution < 1.29 is 23.8 Å². The van der Waals surface area contributed by atoms with Crippen LogP contribution < -0.4 is 24.8 Å². The highest BCUT2D eigenvalue weighted by atomic mass is 16.5. The minimum atomic E-state index is -0.604. The van der Waals surface area contributed by atoms with Crippen LogP contribution in [0.2, 0.25) is 0 Å². The SMILES string of the molecule is COc1ccccc1C=C(C(=O)Nc1ccccc1OC)C(=O)Nc1ccccc1OC. The van der Waals surface area contributed by atoms with Gasteiger partial charge < -0.3 is 24.8 Å². The number of methoxy groups -OCH3 is 3. The van der Waals surface area contributed by atoms with Gasteiger partial charge in [-0.05, 0) is 36.4 Å². The van der Waals surface area contributed by atoms with Gasteiger partial charge in [-0.2, -0.15) is 0 Å². The van der Waals surface area contributed by atoms with Gasteiger partial charge in [0.05, 0.1) is 32.7 Å². The van der Waals surface area contributed by atoms with Gasteiger partial charge >= 0.3 is 0 Å². The number of hydrogen-bond donors (Lipinski definition) is 2. The Labute approximate surface area is 186 Å². The molecule has 0 saturated heterocycles. The first-order chi connectivity index (χ1) is 15.6. The van der Waals surface area contributed by atoms with Gasteiger partial charge in [0.15, 0.2) is 0 Å². The third kappa shape index (κ3) is 5.26. The lowest BCUT2D eigenvalue weighted by atomic mass is 10.1. The standard InChI is InChI=1S/C25H24N2O5/c1-30-21-13-7-4-10-17(21)16-18(24(28)26-19-11-5-8-14-22(19)31-2)25(29)27-20-12-6-9-15-23(20)32-3/h4-16H,1-3H3,(H,26,28)(H,27,29). The lowest BCUT2D eigenvalue weighted by Gasteiger charge is -2.14. The Morgan fingerprint density at radius 2 is 1.03 bits per heavy atom. The molecule has 0 unspecified atom stereocenters. The maximum absolute atomic E-state index is 13.2. The Morgan fingerprint density at radius 1 is 0.625 bits per heavy atom. The predicted molar refractivity (Wildman–Crippen MR) is 124 cm³/mol. The fraction of sp³-hybridized carbons (Fsp3) is 0.120. The minimum absolute atomic E-state index is 0.119. The van der Waals surface area contributed by atoms with Gasteiger partial charge in [0.2, 0.25) is 0 Å². The first kappa shape index (κ1) is 22.4. The van der Waals surface area contributed by atoms with Crippen molar-refractivity contribution in [3.05, 3.63) is 83.9 Å². The molecule has 0 bridgehead atoms. The average molecular weight is 432 g/mol. The van der Waals surface area contributed by atoms with Gasteiger partial charge in [0.1, 0.15) is 22.8 Å². The smallest absolute Gasteiger partial charge is 0.261 e. The second kappa shape index (κ2) is 10.7. The molecule has 164 valence electrons. The first-order valence-corrected chi connectivity index (χ1v) is 9.80. The van der Waals surface area contributed by atoms with E-state index < -0.39 is 11.8 Å². The van der Waals surface area contributed by atoms with Crippen LogP contribution in [0.4, 0.5) is 11.4 Å². The van der Waals surface area contributed by atoms with Crippen LogP contribution in [0.5, 0.6) is 17.2 Å². The molecule has 2 amide bonds. The third-order valence-electron chi connectivity index (χ3n) is 4.64. The summed E-state index contributed by atoms with van der Waals surface area (Å²) >= 11 is 0. The molecule has 3 aromatic rings. The number of para-hydroxylation sites is 5. The lowest BCUT2D eigenvalue weighted by Crippen LogP contribution is -2.25. The van der Waals surface area contributed by atoms with Crippen molar-refractivity contribution in [2.75, 3.05) is 32.0 Å². The summed E-state index contributed by atoms with van der Waals surface area (Å²) in [5.74, 6) is 0.269. The number of nitrogens with one attached hydrogen (secondary N) is 2. The molecule has 0 saturated carbocycles. The summed E-state index contributed by atoms with van der Waals surface area (Å²) < 4.78 is 16.0. The van der Waals surface area contributed by atoms with Gasteiger partial charge in [-0.1, -0.05) is 42.5 Å². The quantitative estimate of drug-likeness (QED) is 0.314. The average Bonchev–Trinajstić information content (AvgIpc) is 2.83. The molecular formula is C25H24N2O5. The van der Waals surface area contributed by atoms with Gasteiger partial charge in [0, 0.05) is 5.56 Å². The number of ether oxygens (including phenoxy) is 3. The zero-order chi connectivity index (χ0) is 22.9. The number of carbonyl (C=O) groups excluding carboxylic acids is 2. The number of anilines is 2. The maximum Gasteiger partial charge on any atom is 0.261 e. The highest BCUT2D eigenvalue weighted by Gasteiger charge is 2.21. The second-order valence-corrected chi connectivity index (χ2v) is 6.61. The Morgan fingerprint density at radius 3 is 1.50 bits per heavy atom. The molecule has 2 N–H and O–H groups in total. The molecule has 0 heterocycles. The van der Waals surface area contributed by atoms with Crippen LogP contribution in [0.25, 0.3) is 6.08 Å². The van der Waals surface area contributed by atoms with Crippen molar-refractivity contribution in [1.29, 1.82) is 0 Å². The molecule has 7 heteroatoms. The van der Waals surface area contributed by atoms with Crippen LogP contribution in [0, 0.1) is 0 Å². The Hall–Kier alpha value is -4.26. The highest BCUT2D eigenvalue weighted by Crippen LogP contribution is 2.27. The molecule has 0 aliphatic heterocycles. The minimum Gasteiger partial charge on any atom is -0.496 e. The van der Waals surface area contributed by atoms with E-state index in [1.54, 1.807) is 72.8 Å². The molecule has 3 rings (SSSR count). The lowest BCUT2D eigenvalue weighted by molar-refractivity contribution is -0.118. The Balaban J connectivity index is 2.00. The fourth-order valence-corrected chi connectivity index (χ4v) is 3.05. The molecular weight excluding hydrogens is 408 g/mol. The Kier molecular flexibility index (Phi) is 7.48. The van der Waals surface area contributed by atoms with E-state index in [-0.39, 0.29) is 5.57 Å². The Bertz CT molecular complexity index is 1080. The molecule has 0 radical (unpaired) electrons. The largest absolute Gasteiger partial charge is 0.496 e. The van der Waals surface area contributed by atoms with Crippen molar-refractivity contribution in [3.63, 3.8) is 0 Å². The van der Waals surface area contributed by atoms with Crippen molar-refractivity contribution in [2.24, 2.45) is 0 Å². The first-order valence-electron chi connectivity index (χ1n) is 9.80. The number of rotatable bonds is 8. The number of carbonyl (C=O) groups is 2. The number of amides is 2. The van der Waals surface area contributed by atoms with E-state index in [2.05, 4.69) is 10.6 Å². The van der Waals surface area contributed by atoms with Crippen LogP contribution in [0.15, 0.2) is 78.4 Å². The molecule has 0 aromatic heterocycles. The van der Waals surface area contributed by atoms with E-state index in [0.717, 1.165) is 0 Å². The van der Waals surface area contributed by atoms with Crippen LogP contribution in [-0.4, -0.2) is 33.1 Å². The molecule has 3 aromatic carbocycles. The third-order valence-corrected chi connectivity index (χ3v) is 4.64. The van der Waals surface area contributed by atoms with Gasteiger partial charge in [-0.25, -0.2) is 0 Å². The van der Waals surface area contributed by atoms with Gasteiger partial charge in [0.25, 0.3) is 11.8 Å². The van der Waals surface area contributed by atoms with Crippen LogP contribution in [0.3, 0.4) is 0 Å². The van der Waals surface area contributed by atoms with E-state index in [9.17, 15) is 9.59 Å². The number of benzene rings is 3. The zero-order valence-electron chi connectivity index (χ0n) is 18.0. The highest BCUT2D eigenvalue weighted by molar-refractivity contribution is 6.29. The van der Waals surface area contributed by atoms with E-state index in [0.29, 0.717) is 34.2 Å². The summed E-state index contributed by atoms with van der Waals surface area (Å²) in [6.45, 7) is 0. The van der Waals surface area contributed by atoms with E-state index in [1.807, 2.05) is 0 Å². The summed E-state index contributed by atoms with van der Waals surface area (Å²) in [6.07, 6.45) is 1.48. The monoisotopic (exact) mass is 432 g/mol. The molecule has 7 nitrogen and oxygen atoms in total. The van der Waals surface area contributed by atoms with E-state index in [1.165, 1.54) is 27.4 Å². The van der Waals surface area contributed by atoms with Gasteiger partial charge in [-0.15, -0.1) is 0 Å². The van der Waals surface area contributed by atoms with Crippen molar-refractivity contribution in [2.45, 2.75) is 0 Å². The van der Waals surface area contributed by atoms with Crippen LogP contribution >= 0.6 is 0 Å². The normalized spacial score (nSPS) is 9.97. The van der Waals surface area contributed by atoms with Gasteiger partial charge in [-0.3, -0.25) is 9.59 Å². The fourth-order valence-electron chi connectivity index (χ4n) is 3.05. The zero-order valence-corrected chi connectivity index (χ0v) is 18.0. The summed E-state index contributed by atoms with van der Waals surface area (Å²) in [5, 5.41) is 5.50. The summed E-state index contributed by atoms with van der Waals surface area (Å²) in [6, 6.07) is 21.0. The summed E-state index contributed by atoms with van der Waals surface area (Å²) in [4.78, 5) is 26.4. The molecule has 0 aliphatic carbocycles. The van der Waals surface area contributed by atoms with Crippen LogP contribution in [0.1, 0.15) is 5.56 Å². The van der Waals surface area contributed by atoms with E-state index >= 15 is 0 Å². The summed E-state index contributed by atoms with van der Waals surface area (Å²) in [7, 11) is 4.53. The molecule has 0 spiro atoms. The second-order valence-electron chi connectivity index (χ2n) is 6.61. The van der Waals surface area contributed by atoms with Crippen molar-refractivity contribution in [1.82, 2.24) is 0 Å². The predicted octanol–water partition coefficient (Wildman–Crippen LogP) is 4.37. The van der Waals surface area contributed by atoms with E-state index in [4.69, 9.17) is 14.2 Å². The molecule has 0 fully saturated rings. The topological polar surface area (TPSA) is 85.9 Å². The van der Waals surface area contributed by atoms with Crippen molar-refractivity contribution in [3.8, 4) is 17.2 Å². The number of hydrogen-bond acceptors (Lipinski definition) is 5. The van der Waals surface area contributed by atoms with Crippen LogP contribution in [-0.2, 0) is 9.59 Å².